The van der Waals surface area contributed by atoms with Crippen molar-refractivity contribution in [3.63, 3.8) is 0 Å². The summed E-state index contributed by atoms with van der Waals surface area (Å²) in [7, 11) is 0. The van der Waals surface area contributed by atoms with Gasteiger partial charge in [-0.1, -0.05) is 36.7 Å². The Kier molecular flexibility index (Phi) is 9.70. The van der Waals surface area contributed by atoms with Crippen LogP contribution in [-0.4, -0.2) is 60.1 Å². The number of nitrogens with one attached hydrogen (secondary N) is 2. The molecule has 0 aliphatic carbocycles. The van der Waals surface area contributed by atoms with Crippen molar-refractivity contribution in [2.24, 2.45) is 5.92 Å². The molecule has 31 heavy (non-hydrogen) atoms. The highest BCUT2D eigenvalue weighted by Gasteiger charge is 2.34. The molecule has 0 spiro atoms. The van der Waals surface area contributed by atoms with Crippen LogP contribution in [0.1, 0.15) is 44.0 Å². The summed E-state index contributed by atoms with van der Waals surface area (Å²) in [6, 6.07) is 4.31. The van der Waals surface area contributed by atoms with Gasteiger partial charge in [0.05, 0.1) is 25.2 Å². The van der Waals surface area contributed by atoms with Gasteiger partial charge in [0, 0.05) is 17.6 Å². The van der Waals surface area contributed by atoms with Crippen molar-refractivity contribution in [1.29, 1.82) is 0 Å². The Bertz CT molecular complexity index is 833. The molecule has 0 aromatic heterocycles. The van der Waals surface area contributed by atoms with Crippen LogP contribution in [0.3, 0.4) is 0 Å². The van der Waals surface area contributed by atoms with E-state index in [-0.39, 0.29) is 24.0 Å². The van der Waals surface area contributed by atoms with E-state index in [1.165, 1.54) is 0 Å². The first kappa shape index (κ1) is 25.1. The minimum atomic E-state index is -0.843. The van der Waals surface area contributed by atoms with Crippen LogP contribution >= 0.6 is 28.1 Å². The normalized spacial score (nSPS) is 16.0. The van der Waals surface area contributed by atoms with Gasteiger partial charge < -0.3 is 19.7 Å². The van der Waals surface area contributed by atoms with E-state index >= 15 is 0 Å². The first-order chi connectivity index (χ1) is 14.7. The zero-order valence-corrected chi connectivity index (χ0v) is 20.3. The number of amides is 2. The smallest absolute Gasteiger partial charge is 0.308 e. The van der Waals surface area contributed by atoms with E-state index < -0.39 is 17.9 Å². The monoisotopic (exact) mass is 513 g/mol. The molecular weight excluding hydrogens is 486 g/mol. The van der Waals surface area contributed by atoms with E-state index in [1.54, 1.807) is 23.1 Å². The minimum Gasteiger partial charge on any atom is -0.492 e. The molecule has 2 amide bonds. The van der Waals surface area contributed by atoms with E-state index in [9.17, 15) is 14.4 Å². The van der Waals surface area contributed by atoms with E-state index in [0.29, 0.717) is 43.3 Å². The van der Waals surface area contributed by atoms with Crippen molar-refractivity contribution in [2.45, 2.75) is 39.7 Å². The number of halogens is 1. The van der Waals surface area contributed by atoms with Crippen molar-refractivity contribution in [1.82, 2.24) is 15.5 Å². The molecule has 1 aliphatic rings. The summed E-state index contributed by atoms with van der Waals surface area (Å²) in [6.07, 6.45) is 0.538. The molecule has 1 heterocycles. The average molecular weight is 514 g/mol. The Morgan fingerprint density at radius 2 is 2.13 bits per heavy atom. The fourth-order valence-corrected chi connectivity index (χ4v) is 3.56. The topological polar surface area (TPSA) is 97.0 Å². The standard InChI is InChI=1S/C21H28BrN3O5S/c1-4-9-29-18(26)11-16-20(28)23-7-8-25(16)21(31)24-19(27)15-10-14(22)5-6-17(15)30-12-13(2)3/h5-6,10,13,16H,4,7-9,11-12H2,1-3H3,(H,23,28)(H,24,27,31). The number of benzene rings is 1. The summed E-state index contributed by atoms with van der Waals surface area (Å²) >= 11 is 8.78. The highest BCUT2D eigenvalue weighted by molar-refractivity contribution is 9.10. The number of ether oxygens (including phenoxy) is 2. The highest BCUT2D eigenvalue weighted by Crippen LogP contribution is 2.24. The van der Waals surface area contributed by atoms with Crippen LogP contribution in [0.4, 0.5) is 0 Å². The molecule has 2 N–H and O–H groups in total. The van der Waals surface area contributed by atoms with Crippen molar-refractivity contribution in [3.05, 3.63) is 28.2 Å². The maximum Gasteiger partial charge on any atom is 0.308 e. The second-order valence-electron chi connectivity index (χ2n) is 7.53. The molecule has 1 atom stereocenters. The molecule has 1 aliphatic heterocycles. The van der Waals surface area contributed by atoms with Gasteiger partial charge in [-0.3, -0.25) is 19.7 Å². The predicted octanol–water partition coefficient (Wildman–Crippen LogP) is 2.64. The van der Waals surface area contributed by atoms with Gasteiger partial charge in [-0.05, 0) is 42.8 Å². The number of thiocarbonyl (C=S) groups is 1. The van der Waals surface area contributed by atoms with Crippen LogP contribution in [-0.2, 0) is 14.3 Å². The Morgan fingerprint density at radius 3 is 2.81 bits per heavy atom. The Balaban J connectivity index is 2.13. The molecular formula is C21H28BrN3O5S. The summed E-state index contributed by atoms with van der Waals surface area (Å²) in [5, 5.41) is 5.47. The van der Waals surface area contributed by atoms with E-state index in [2.05, 4.69) is 26.6 Å². The predicted molar refractivity (Wildman–Crippen MR) is 124 cm³/mol. The molecule has 0 bridgehead atoms. The van der Waals surface area contributed by atoms with Crippen molar-refractivity contribution in [3.8, 4) is 5.75 Å². The van der Waals surface area contributed by atoms with Gasteiger partial charge in [-0.25, -0.2) is 0 Å². The minimum absolute atomic E-state index is 0.0722. The van der Waals surface area contributed by atoms with Crippen LogP contribution in [0.25, 0.3) is 0 Å². The second kappa shape index (κ2) is 12.0. The molecule has 2 rings (SSSR count). The lowest BCUT2D eigenvalue weighted by Gasteiger charge is -2.36. The molecule has 10 heteroatoms. The van der Waals surface area contributed by atoms with Gasteiger partial charge >= 0.3 is 5.97 Å². The van der Waals surface area contributed by atoms with Gasteiger partial charge in [0.15, 0.2) is 5.11 Å². The summed E-state index contributed by atoms with van der Waals surface area (Å²) in [4.78, 5) is 38.9. The third-order valence-corrected chi connectivity index (χ3v) is 5.23. The number of nitrogens with zero attached hydrogens (tertiary/aromatic N) is 1. The first-order valence-corrected chi connectivity index (χ1v) is 11.4. The fraction of sp³-hybridized carbons (Fsp3) is 0.524. The molecule has 170 valence electrons. The molecule has 1 aromatic carbocycles. The number of esters is 1. The third kappa shape index (κ3) is 7.46. The number of hydrogen-bond acceptors (Lipinski definition) is 6. The molecule has 0 saturated carbocycles. The van der Waals surface area contributed by atoms with Gasteiger partial charge in [0.2, 0.25) is 5.91 Å². The summed E-state index contributed by atoms with van der Waals surface area (Å²) in [5.41, 5.74) is 0.317. The summed E-state index contributed by atoms with van der Waals surface area (Å²) < 4.78 is 11.6. The van der Waals surface area contributed by atoms with Gasteiger partial charge in [-0.2, -0.15) is 0 Å². The van der Waals surface area contributed by atoms with Gasteiger partial charge in [0.1, 0.15) is 11.8 Å². The number of piperazine rings is 1. The maximum atomic E-state index is 12.9. The molecule has 0 radical (unpaired) electrons. The summed E-state index contributed by atoms with van der Waals surface area (Å²) in [6.45, 7) is 7.39. The Labute approximate surface area is 196 Å². The Morgan fingerprint density at radius 1 is 1.39 bits per heavy atom. The van der Waals surface area contributed by atoms with Crippen LogP contribution in [0.5, 0.6) is 5.75 Å². The molecule has 1 fully saturated rings. The number of rotatable bonds is 8. The lowest BCUT2D eigenvalue weighted by Crippen LogP contribution is -2.60. The van der Waals surface area contributed by atoms with Crippen molar-refractivity contribution in [2.75, 3.05) is 26.3 Å². The van der Waals surface area contributed by atoms with Crippen LogP contribution < -0.4 is 15.4 Å². The second-order valence-corrected chi connectivity index (χ2v) is 8.83. The average Bonchev–Trinajstić information content (AvgIpc) is 2.72. The quantitative estimate of drug-likeness (QED) is 0.407. The number of carbonyl (C=O) groups excluding carboxylic acids is 3. The van der Waals surface area contributed by atoms with Gasteiger partial charge in [-0.15, -0.1) is 0 Å². The maximum absolute atomic E-state index is 12.9. The van der Waals surface area contributed by atoms with Crippen LogP contribution in [0, 0.1) is 5.92 Å². The van der Waals surface area contributed by atoms with Crippen LogP contribution in [0.2, 0.25) is 0 Å². The van der Waals surface area contributed by atoms with Crippen molar-refractivity contribution < 1.29 is 23.9 Å². The Hall–Kier alpha value is -2.20. The van der Waals surface area contributed by atoms with Crippen LogP contribution in [0.15, 0.2) is 22.7 Å². The largest absolute Gasteiger partial charge is 0.492 e. The molecule has 1 saturated heterocycles. The summed E-state index contributed by atoms with van der Waals surface area (Å²) in [5.74, 6) is -0.545. The molecule has 1 unspecified atom stereocenters. The highest BCUT2D eigenvalue weighted by atomic mass is 79.9. The van der Waals surface area contributed by atoms with E-state index in [1.807, 2.05) is 20.8 Å². The number of hydrogen-bond donors (Lipinski definition) is 2. The lowest BCUT2D eigenvalue weighted by atomic mass is 10.1. The van der Waals surface area contributed by atoms with Gasteiger partial charge in [0.25, 0.3) is 5.91 Å². The lowest BCUT2D eigenvalue weighted by molar-refractivity contribution is -0.147. The van der Waals surface area contributed by atoms with E-state index in [4.69, 9.17) is 21.7 Å². The van der Waals surface area contributed by atoms with Crippen molar-refractivity contribution >= 4 is 51.0 Å². The molecule has 1 aromatic rings. The zero-order chi connectivity index (χ0) is 23.0. The first-order valence-electron chi connectivity index (χ1n) is 10.2. The third-order valence-electron chi connectivity index (χ3n) is 4.40. The SMILES string of the molecule is CCCOC(=O)CC1C(=O)NCCN1C(=S)NC(=O)c1cc(Br)ccc1OCC(C)C. The number of carbonyl (C=O) groups is 3. The molecule has 8 nitrogen and oxygen atoms in total. The zero-order valence-electron chi connectivity index (χ0n) is 17.9. The van der Waals surface area contributed by atoms with E-state index in [0.717, 1.165) is 4.47 Å². The fourth-order valence-electron chi connectivity index (χ4n) is 2.89.